The van der Waals surface area contributed by atoms with E-state index in [2.05, 4.69) is 10.3 Å². The summed E-state index contributed by atoms with van der Waals surface area (Å²) in [6.45, 7) is 2.79. The number of aromatic nitrogens is 1. The highest BCUT2D eigenvalue weighted by atomic mass is 32.1. The minimum absolute atomic E-state index is 0.00559. The van der Waals surface area contributed by atoms with Crippen LogP contribution in [-0.2, 0) is 4.79 Å². The van der Waals surface area contributed by atoms with Gasteiger partial charge in [0.2, 0.25) is 5.91 Å². The van der Waals surface area contributed by atoms with Crippen molar-refractivity contribution in [1.29, 1.82) is 0 Å². The molecule has 2 aromatic rings. The molecule has 6 heteroatoms. The summed E-state index contributed by atoms with van der Waals surface area (Å²) in [7, 11) is 0. The molecular formula is C19H21N3O2S. The first kappa shape index (κ1) is 16.3. The van der Waals surface area contributed by atoms with Gasteiger partial charge < -0.3 is 10.2 Å². The topological polar surface area (TPSA) is 62.3 Å². The maximum atomic E-state index is 12.6. The number of benzene rings is 1. The molecule has 0 spiro atoms. The highest BCUT2D eigenvalue weighted by Gasteiger charge is 2.35. The third-order valence-electron chi connectivity index (χ3n) is 4.80. The number of thiazole rings is 1. The highest BCUT2D eigenvalue weighted by molar-refractivity contribution is 7.11. The van der Waals surface area contributed by atoms with Gasteiger partial charge in [0.15, 0.2) is 0 Å². The van der Waals surface area contributed by atoms with Crippen LogP contribution in [0.15, 0.2) is 30.5 Å². The Hall–Kier alpha value is -2.21. The molecule has 2 fully saturated rings. The van der Waals surface area contributed by atoms with E-state index in [1.807, 2.05) is 25.3 Å². The van der Waals surface area contributed by atoms with Crippen molar-refractivity contribution in [2.45, 2.75) is 38.6 Å². The van der Waals surface area contributed by atoms with Crippen LogP contribution >= 0.6 is 11.3 Å². The molecule has 5 nitrogen and oxygen atoms in total. The average molecular weight is 355 g/mol. The molecule has 1 aliphatic carbocycles. The van der Waals surface area contributed by atoms with E-state index in [1.165, 1.54) is 0 Å². The smallest absolute Gasteiger partial charge is 0.251 e. The number of amides is 2. The van der Waals surface area contributed by atoms with E-state index in [4.69, 9.17) is 0 Å². The molecule has 130 valence electrons. The lowest BCUT2D eigenvalue weighted by atomic mass is 10.1. The SMILES string of the molecule is Cc1cnc(C(NC(=O)c2ccc(N3CCCC3=O)cc2)C2CC2)s1. The molecule has 2 amide bonds. The molecule has 25 heavy (non-hydrogen) atoms. The van der Waals surface area contributed by atoms with Crippen molar-refractivity contribution in [2.24, 2.45) is 5.92 Å². The lowest BCUT2D eigenvalue weighted by Gasteiger charge is -2.18. The Labute approximate surface area is 151 Å². The molecular weight excluding hydrogens is 334 g/mol. The fraction of sp³-hybridized carbons (Fsp3) is 0.421. The predicted octanol–water partition coefficient (Wildman–Crippen LogP) is 3.46. The van der Waals surface area contributed by atoms with Gasteiger partial charge in [-0.2, -0.15) is 0 Å². The van der Waals surface area contributed by atoms with Crippen molar-refractivity contribution in [3.63, 3.8) is 0 Å². The fourth-order valence-corrected chi connectivity index (χ4v) is 4.18. The lowest BCUT2D eigenvalue weighted by molar-refractivity contribution is -0.117. The molecule has 1 saturated heterocycles. The van der Waals surface area contributed by atoms with Gasteiger partial charge in [-0.25, -0.2) is 4.98 Å². The minimum atomic E-state index is -0.0796. The van der Waals surface area contributed by atoms with Gasteiger partial charge in [-0.3, -0.25) is 9.59 Å². The van der Waals surface area contributed by atoms with Crippen molar-refractivity contribution in [3.05, 3.63) is 45.9 Å². The zero-order valence-electron chi connectivity index (χ0n) is 14.2. The monoisotopic (exact) mass is 355 g/mol. The summed E-state index contributed by atoms with van der Waals surface area (Å²) >= 11 is 1.65. The second-order valence-electron chi connectivity index (χ2n) is 6.79. The van der Waals surface area contributed by atoms with Gasteiger partial charge in [-0.1, -0.05) is 0 Å². The van der Waals surface area contributed by atoms with Crippen LogP contribution in [-0.4, -0.2) is 23.3 Å². The maximum Gasteiger partial charge on any atom is 0.251 e. The minimum Gasteiger partial charge on any atom is -0.343 e. The van der Waals surface area contributed by atoms with E-state index in [1.54, 1.807) is 28.4 Å². The Morgan fingerprint density at radius 2 is 2.08 bits per heavy atom. The van der Waals surface area contributed by atoms with Gasteiger partial charge >= 0.3 is 0 Å². The molecule has 1 unspecified atom stereocenters. The van der Waals surface area contributed by atoms with Crippen molar-refractivity contribution in [2.75, 3.05) is 11.4 Å². The average Bonchev–Trinajstić information content (AvgIpc) is 3.23. The molecule has 1 aromatic carbocycles. The number of carbonyl (C=O) groups is 2. The summed E-state index contributed by atoms with van der Waals surface area (Å²) in [4.78, 5) is 31.9. The molecule has 1 atom stereocenters. The summed E-state index contributed by atoms with van der Waals surface area (Å²) in [5.74, 6) is 0.574. The zero-order valence-corrected chi connectivity index (χ0v) is 15.0. The van der Waals surface area contributed by atoms with Gasteiger partial charge in [0.25, 0.3) is 5.91 Å². The van der Waals surface area contributed by atoms with Crippen LogP contribution in [0.5, 0.6) is 0 Å². The third kappa shape index (κ3) is 3.44. The van der Waals surface area contributed by atoms with Crippen LogP contribution in [0.2, 0.25) is 0 Å². The van der Waals surface area contributed by atoms with Crippen molar-refractivity contribution in [1.82, 2.24) is 10.3 Å². The first-order chi connectivity index (χ1) is 12.1. The Morgan fingerprint density at radius 3 is 2.64 bits per heavy atom. The van der Waals surface area contributed by atoms with E-state index in [0.29, 0.717) is 17.9 Å². The summed E-state index contributed by atoms with van der Waals surface area (Å²) in [6, 6.07) is 7.32. The Morgan fingerprint density at radius 1 is 1.32 bits per heavy atom. The van der Waals surface area contributed by atoms with E-state index >= 15 is 0 Å². The molecule has 0 radical (unpaired) electrons. The van der Waals surface area contributed by atoms with E-state index < -0.39 is 0 Å². The molecule has 2 heterocycles. The molecule has 1 aliphatic heterocycles. The maximum absolute atomic E-state index is 12.6. The second kappa shape index (κ2) is 6.59. The van der Waals surface area contributed by atoms with Crippen molar-refractivity contribution in [3.8, 4) is 0 Å². The quantitative estimate of drug-likeness (QED) is 0.893. The summed E-state index contributed by atoms with van der Waals surface area (Å²) in [6.07, 6.45) is 5.65. The van der Waals surface area contributed by atoms with E-state index in [9.17, 15) is 9.59 Å². The predicted molar refractivity (Wildman–Crippen MR) is 97.8 cm³/mol. The van der Waals surface area contributed by atoms with Crippen LogP contribution in [0, 0.1) is 12.8 Å². The van der Waals surface area contributed by atoms with Crippen LogP contribution < -0.4 is 10.2 Å². The van der Waals surface area contributed by atoms with Crippen LogP contribution in [0.1, 0.15) is 52.0 Å². The largest absolute Gasteiger partial charge is 0.343 e. The Kier molecular flexibility index (Phi) is 4.29. The number of rotatable bonds is 5. The number of hydrogen-bond donors (Lipinski definition) is 1. The first-order valence-electron chi connectivity index (χ1n) is 8.75. The lowest BCUT2D eigenvalue weighted by Crippen LogP contribution is -2.30. The summed E-state index contributed by atoms with van der Waals surface area (Å²) in [5, 5.41) is 4.14. The molecule has 4 rings (SSSR count). The van der Waals surface area contributed by atoms with Gasteiger partial charge in [-0.05, 0) is 56.4 Å². The van der Waals surface area contributed by atoms with E-state index in [0.717, 1.165) is 41.4 Å². The number of aryl methyl sites for hydroxylation is 1. The van der Waals surface area contributed by atoms with Crippen molar-refractivity contribution < 1.29 is 9.59 Å². The Balaban J connectivity index is 1.47. The first-order valence-corrected chi connectivity index (χ1v) is 9.57. The Bertz CT molecular complexity index is 795. The second-order valence-corrected chi connectivity index (χ2v) is 8.06. The molecule has 1 saturated carbocycles. The fourth-order valence-electron chi connectivity index (χ4n) is 3.27. The number of nitrogens with one attached hydrogen (secondary N) is 1. The summed E-state index contributed by atoms with van der Waals surface area (Å²) in [5.41, 5.74) is 1.49. The van der Waals surface area contributed by atoms with Gasteiger partial charge in [0.1, 0.15) is 5.01 Å². The number of nitrogens with zero attached hydrogens (tertiary/aromatic N) is 2. The number of anilines is 1. The standard InChI is InChI=1S/C19H21N3O2S/c1-12-11-20-19(25-12)17(13-4-5-13)21-18(24)14-6-8-15(9-7-14)22-10-2-3-16(22)23/h6-9,11,13,17H,2-5,10H2,1H3,(H,21,24). The molecule has 1 aromatic heterocycles. The van der Waals surface area contributed by atoms with Crippen LogP contribution in [0.3, 0.4) is 0 Å². The van der Waals surface area contributed by atoms with Gasteiger partial charge in [0.05, 0.1) is 6.04 Å². The van der Waals surface area contributed by atoms with Gasteiger partial charge in [-0.15, -0.1) is 11.3 Å². The highest BCUT2D eigenvalue weighted by Crippen LogP contribution is 2.42. The molecule has 2 aliphatic rings. The summed E-state index contributed by atoms with van der Waals surface area (Å²) < 4.78 is 0. The molecule has 1 N–H and O–H groups in total. The number of carbonyl (C=O) groups excluding carboxylic acids is 2. The normalized spacial score (nSPS) is 18.4. The third-order valence-corrected chi connectivity index (χ3v) is 5.80. The number of hydrogen-bond acceptors (Lipinski definition) is 4. The zero-order chi connectivity index (χ0) is 17.4. The van der Waals surface area contributed by atoms with Crippen LogP contribution in [0.25, 0.3) is 0 Å². The van der Waals surface area contributed by atoms with Crippen molar-refractivity contribution >= 4 is 28.8 Å². The van der Waals surface area contributed by atoms with Crippen LogP contribution in [0.4, 0.5) is 5.69 Å². The van der Waals surface area contributed by atoms with Gasteiger partial charge in [0, 0.05) is 35.3 Å². The molecule has 0 bridgehead atoms. The van der Waals surface area contributed by atoms with E-state index in [-0.39, 0.29) is 17.9 Å².